The lowest BCUT2D eigenvalue weighted by Gasteiger charge is -2.12. The van der Waals surface area contributed by atoms with Gasteiger partial charge in [-0.15, -0.1) is 0 Å². The van der Waals surface area contributed by atoms with Gasteiger partial charge in [-0.3, -0.25) is 10.1 Å². The molecule has 0 saturated heterocycles. The molecule has 0 atom stereocenters. The van der Waals surface area contributed by atoms with Gasteiger partial charge in [-0.25, -0.2) is 4.79 Å². The summed E-state index contributed by atoms with van der Waals surface area (Å²) >= 11 is 0. The normalized spacial score (nSPS) is 15.3. The quantitative estimate of drug-likeness (QED) is 0.695. The number of urea groups is 1. The van der Waals surface area contributed by atoms with Crippen LogP contribution in [0.3, 0.4) is 0 Å². The molecule has 0 spiro atoms. The van der Waals surface area contributed by atoms with Crippen LogP contribution in [-0.2, 0) is 0 Å². The van der Waals surface area contributed by atoms with Crippen molar-refractivity contribution in [3.8, 4) is 0 Å². The standard InChI is InChI=1S/C13H17N3O2/c14-10-7-5-9(6-8-10)12(17)16-13(18)15-11-3-1-2-4-11/h5-8,11H,1-4,14H2,(H2,15,16,17,18). The van der Waals surface area contributed by atoms with Gasteiger partial charge in [0.1, 0.15) is 0 Å². The third-order valence-corrected chi connectivity index (χ3v) is 3.09. The van der Waals surface area contributed by atoms with Crippen LogP contribution in [-0.4, -0.2) is 18.0 Å². The summed E-state index contributed by atoms with van der Waals surface area (Å²) in [6.45, 7) is 0. The molecular weight excluding hydrogens is 230 g/mol. The number of anilines is 1. The van der Waals surface area contributed by atoms with Crippen LogP contribution in [0, 0.1) is 0 Å². The molecule has 4 N–H and O–H groups in total. The second-order valence-electron chi connectivity index (χ2n) is 4.53. The molecule has 18 heavy (non-hydrogen) atoms. The SMILES string of the molecule is Nc1ccc(C(=O)NC(=O)NC2CCCC2)cc1. The first-order valence-corrected chi connectivity index (χ1v) is 6.12. The fraction of sp³-hybridized carbons (Fsp3) is 0.385. The van der Waals surface area contributed by atoms with E-state index >= 15 is 0 Å². The largest absolute Gasteiger partial charge is 0.399 e. The summed E-state index contributed by atoms with van der Waals surface area (Å²) in [5.41, 5.74) is 6.53. The molecule has 3 amide bonds. The molecule has 1 aliphatic carbocycles. The first kappa shape index (κ1) is 12.4. The lowest BCUT2D eigenvalue weighted by Crippen LogP contribution is -2.43. The van der Waals surface area contributed by atoms with Crippen LogP contribution < -0.4 is 16.4 Å². The highest BCUT2D eigenvalue weighted by atomic mass is 16.2. The van der Waals surface area contributed by atoms with Crippen LogP contribution in [0.1, 0.15) is 36.0 Å². The molecule has 0 aliphatic heterocycles. The molecule has 1 saturated carbocycles. The second kappa shape index (κ2) is 5.53. The average Bonchev–Trinajstić information content (AvgIpc) is 2.82. The van der Waals surface area contributed by atoms with Crippen molar-refractivity contribution in [2.24, 2.45) is 0 Å². The molecule has 0 heterocycles. The number of carbonyl (C=O) groups is 2. The minimum atomic E-state index is -0.427. The molecule has 2 rings (SSSR count). The zero-order chi connectivity index (χ0) is 13.0. The fourth-order valence-corrected chi connectivity index (χ4v) is 2.10. The van der Waals surface area contributed by atoms with Gasteiger partial charge in [-0.2, -0.15) is 0 Å². The van der Waals surface area contributed by atoms with Gasteiger partial charge in [0.2, 0.25) is 0 Å². The van der Waals surface area contributed by atoms with Crippen molar-refractivity contribution < 1.29 is 9.59 Å². The summed E-state index contributed by atoms with van der Waals surface area (Å²) in [4.78, 5) is 23.3. The molecule has 0 bridgehead atoms. The molecule has 1 aliphatic rings. The smallest absolute Gasteiger partial charge is 0.321 e. The lowest BCUT2D eigenvalue weighted by molar-refractivity contribution is 0.0963. The van der Waals surface area contributed by atoms with Crippen LogP contribution in [0.5, 0.6) is 0 Å². The summed E-state index contributed by atoms with van der Waals surface area (Å²) in [6.07, 6.45) is 4.25. The van der Waals surface area contributed by atoms with Crippen LogP contribution >= 0.6 is 0 Å². The Labute approximate surface area is 106 Å². The van der Waals surface area contributed by atoms with E-state index in [1.165, 1.54) is 0 Å². The fourth-order valence-electron chi connectivity index (χ4n) is 2.10. The number of nitrogens with two attached hydrogens (primary N) is 1. The van der Waals surface area contributed by atoms with Crippen molar-refractivity contribution in [3.05, 3.63) is 29.8 Å². The third kappa shape index (κ3) is 3.23. The third-order valence-electron chi connectivity index (χ3n) is 3.09. The molecule has 0 unspecified atom stereocenters. The summed E-state index contributed by atoms with van der Waals surface area (Å²) in [6, 6.07) is 6.21. The number of benzene rings is 1. The zero-order valence-corrected chi connectivity index (χ0v) is 10.1. The van der Waals surface area contributed by atoms with Gasteiger partial charge in [0.25, 0.3) is 5.91 Å². The molecule has 1 fully saturated rings. The van der Waals surface area contributed by atoms with Gasteiger partial charge in [-0.05, 0) is 37.1 Å². The maximum absolute atomic E-state index is 11.7. The number of hydrogen-bond donors (Lipinski definition) is 3. The van der Waals surface area contributed by atoms with Crippen molar-refractivity contribution >= 4 is 17.6 Å². The maximum atomic E-state index is 11.7. The van der Waals surface area contributed by atoms with Gasteiger partial charge in [0, 0.05) is 17.3 Å². The monoisotopic (exact) mass is 247 g/mol. The van der Waals surface area contributed by atoms with E-state index < -0.39 is 11.9 Å². The summed E-state index contributed by atoms with van der Waals surface area (Å²) in [7, 11) is 0. The van der Waals surface area contributed by atoms with E-state index in [4.69, 9.17) is 5.73 Å². The van der Waals surface area contributed by atoms with E-state index in [-0.39, 0.29) is 6.04 Å². The Morgan fingerprint density at radius 2 is 1.72 bits per heavy atom. The number of nitrogen functional groups attached to an aromatic ring is 1. The predicted molar refractivity (Wildman–Crippen MR) is 69.1 cm³/mol. The van der Waals surface area contributed by atoms with E-state index in [1.54, 1.807) is 24.3 Å². The molecule has 96 valence electrons. The Morgan fingerprint density at radius 1 is 1.11 bits per heavy atom. The van der Waals surface area contributed by atoms with Crippen molar-refractivity contribution in [1.29, 1.82) is 0 Å². The lowest BCUT2D eigenvalue weighted by atomic mass is 10.2. The van der Waals surface area contributed by atoms with E-state index in [1.807, 2.05) is 0 Å². The molecule has 1 aromatic rings. The Bertz CT molecular complexity index is 436. The van der Waals surface area contributed by atoms with Crippen molar-refractivity contribution in [2.75, 3.05) is 5.73 Å². The van der Waals surface area contributed by atoms with Crippen LogP contribution in [0.15, 0.2) is 24.3 Å². The first-order valence-electron chi connectivity index (χ1n) is 6.12. The Morgan fingerprint density at radius 3 is 2.33 bits per heavy atom. The molecule has 1 aromatic carbocycles. The minimum Gasteiger partial charge on any atom is -0.399 e. The molecule has 5 nitrogen and oxygen atoms in total. The first-order chi connectivity index (χ1) is 8.65. The molecular formula is C13H17N3O2. The summed E-state index contributed by atoms with van der Waals surface area (Å²) in [5.74, 6) is -0.412. The van der Waals surface area contributed by atoms with Crippen molar-refractivity contribution in [3.63, 3.8) is 0 Å². The maximum Gasteiger partial charge on any atom is 0.321 e. The minimum absolute atomic E-state index is 0.198. The Hall–Kier alpha value is -2.04. The van der Waals surface area contributed by atoms with Gasteiger partial charge < -0.3 is 11.1 Å². The highest BCUT2D eigenvalue weighted by Gasteiger charge is 2.18. The number of nitrogens with one attached hydrogen (secondary N) is 2. The highest BCUT2D eigenvalue weighted by Crippen LogP contribution is 2.17. The van der Waals surface area contributed by atoms with Gasteiger partial charge in [-0.1, -0.05) is 12.8 Å². The predicted octanol–water partition coefficient (Wildman–Crippen LogP) is 1.65. The molecule has 0 radical (unpaired) electrons. The van der Waals surface area contributed by atoms with Crippen LogP contribution in [0.4, 0.5) is 10.5 Å². The van der Waals surface area contributed by atoms with Crippen molar-refractivity contribution in [2.45, 2.75) is 31.7 Å². The zero-order valence-electron chi connectivity index (χ0n) is 10.1. The van der Waals surface area contributed by atoms with E-state index in [0.29, 0.717) is 11.3 Å². The van der Waals surface area contributed by atoms with Gasteiger partial charge in [0.15, 0.2) is 0 Å². The number of rotatable bonds is 2. The summed E-state index contributed by atoms with van der Waals surface area (Å²) < 4.78 is 0. The highest BCUT2D eigenvalue weighted by molar-refractivity contribution is 6.04. The second-order valence-corrected chi connectivity index (χ2v) is 4.53. The van der Waals surface area contributed by atoms with Crippen molar-refractivity contribution in [1.82, 2.24) is 10.6 Å². The number of hydrogen-bond acceptors (Lipinski definition) is 3. The van der Waals surface area contributed by atoms with E-state index in [9.17, 15) is 9.59 Å². The van der Waals surface area contributed by atoms with Gasteiger partial charge >= 0.3 is 6.03 Å². The topological polar surface area (TPSA) is 84.2 Å². The number of imide groups is 1. The van der Waals surface area contributed by atoms with Crippen LogP contribution in [0.25, 0.3) is 0 Å². The summed E-state index contributed by atoms with van der Waals surface area (Å²) in [5, 5.41) is 5.11. The molecule has 5 heteroatoms. The Balaban J connectivity index is 1.86. The van der Waals surface area contributed by atoms with Gasteiger partial charge in [0.05, 0.1) is 0 Å². The van der Waals surface area contributed by atoms with Crippen LogP contribution in [0.2, 0.25) is 0 Å². The Kier molecular flexibility index (Phi) is 3.82. The van der Waals surface area contributed by atoms with E-state index in [0.717, 1.165) is 25.7 Å². The van der Waals surface area contributed by atoms with E-state index in [2.05, 4.69) is 10.6 Å². The average molecular weight is 247 g/mol. The number of carbonyl (C=O) groups excluding carboxylic acids is 2. The number of amides is 3. The molecule has 0 aromatic heterocycles.